The quantitative estimate of drug-likeness (QED) is 0.847. The summed E-state index contributed by atoms with van der Waals surface area (Å²) in [5.41, 5.74) is 6.31. The van der Waals surface area contributed by atoms with E-state index in [-0.39, 0.29) is 11.7 Å². The average molecular weight is 386 g/mol. The van der Waals surface area contributed by atoms with Gasteiger partial charge in [-0.15, -0.1) is 0 Å². The number of carbonyl (C=O) groups excluding carboxylic acids is 1. The van der Waals surface area contributed by atoms with Gasteiger partial charge in [-0.25, -0.2) is 4.39 Å². The second-order valence-corrected chi connectivity index (χ2v) is 7.34. The number of hydrogen-bond donors (Lipinski definition) is 1. The van der Waals surface area contributed by atoms with E-state index in [2.05, 4.69) is 20.8 Å². The minimum Gasteiger partial charge on any atom is -0.339 e. The molecule has 1 amide bonds. The fourth-order valence-electron chi connectivity index (χ4n) is 2.99. The molecule has 2 N–H and O–H groups in total. The first-order valence-corrected chi connectivity index (χ1v) is 8.87. The van der Waals surface area contributed by atoms with E-state index in [1.54, 1.807) is 12.1 Å². The van der Waals surface area contributed by atoms with Crippen molar-refractivity contribution >= 4 is 21.8 Å². The van der Waals surface area contributed by atoms with Crippen molar-refractivity contribution in [2.75, 3.05) is 26.2 Å². The summed E-state index contributed by atoms with van der Waals surface area (Å²) in [6, 6.07) is 5.21. The third kappa shape index (κ3) is 4.75. The number of nitrogens with zero attached hydrogens (tertiary/aromatic N) is 2. The lowest BCUT2D eigenvalue weighted by atomic mass is 9.95. The van der Waals surface area contributed by atoms with E-state index in [0.717, 1.165) is 25.1 Å². The first-order valence-electron chi connectivity index (χ1n) is 8.08. The van der Waals surface area contributed by atoms with Crippen LogP contribution >= 0.6 is 15.9 Å². The SMILES string of the molecule is CCCC(C)(N)C(=O)N1CCN(Cc2ccc(Br)c(F)c2)CC1. The van der Waals surface area contributed by atoms with Crippen LogP contribution in [0.15, 0.2) is 22.7 Å². The van der Waals surface area contributed by atoms with Crippen LogP contribution in [-0.2, 0) is 11.3 Å². The highest BCUT2D eigenvalue weighted by molar-refractivity contribution is 9.10. The molecule has 0 bridgehead atoms. The van der Waals surface area contributed by atoms with Gasteiger partial charge in [-0.05, 0) is 47.0 Å². The fraction of sp³-hybridized carbons (Fsp3) is 0.588. The first kappa shape index (κ1) is 18.4. The highest BCUT2D eigenvalue weighted by atomic mass is 79.9. The fourth-order valence-corrected chi connectivity index (χ4v) is 3.24. The maximum Gasteiger partial charge on any atom is 0.242 e. The summed E-state index contributed by atoms with van der Waals surface area (Å²) in [6.45, 7) is 7.46. The van der Waals surface area contributed by atoms with E-state index in [9.17, 15) is 9.18 Å². The van der Waals surface area contributed by atoms with Gasteiger partial charge in [-0.1, -0.05) is 19.4 Å². The first-order chi connectivity index (χ1) is 10.8. The standard InChI is InChI=1S/C17H25BrFN3O/c1-3-6-17(2,20)16(23)22-9-7-21(8-10-22)12-13-4-5-14(18)15(19)11-13/h4-5,11H,3,6-10,12,20H2,1-2H3. The van der Waals surface area contributed by atoms with Crippen molar-refractivity contribution in [3.05, 3.63) is 34.1 Å². The third-order valence-electron chi connectivity index (χ3n) is 4.31. The summed E-state index contributed by atoms with van der Waals surface area (Å²) in [5, 5.41) is 0. The lowest BCUT2D eigenvalue weighted by Gasteiger charge is -2.38. The summed E-state index contributed by atoms with van der Waals surface area (Å²) in [7, 11) is 0. The second kappa shape index (κ2) is 7.73. The molecular formula is C17H25BrFN3O. The maximum atomic E-state index is 13.6. The molecule has 1 atom stereocenters. The molecule has 1 aliphatic heterocycles. The summed E-state index contributed by atoms with van der Waals surface area (Å²) >= 11 is 3.16. The van der Waals surface area contributed by atoms with Gasteiger partial charge in [0.25, 0.3) is 0 Å². The molecule has 1 aromatic rings. The van der Waals surface area contributed by atoms with Crippen molar-refractivity contribution in [3.63, 3.8) is 0 Å². The molecule has 0 spiro atoms. The molecule has 128 valence electrons. The molecule has 0 radical (unpaired) electrons. The second-order valence-electron chi connectivity index (χ2n) is 6.48. The van der Waals surface area contributed by atoms with Crippen molar-refractivity contribution in [2.24, 2.45) is 5.73 Å². The highest BCUT2D eigenvalue weighted by Gasteiger charge is 2.33. The van der Waals surface area contributed by atoms with Gasteiger partial charge in [0, 0.05) is 32.7 Å². The molecule has 1 heterocycles. The van der Waals surface area contributed by atoms with Crippen LogP contribution in [0.3, 0.4) is 0 Å². The molecule has 1 aliphatic rings. The predicted molar refractivity (Wildman–Crippen MR) is 93.5 cm³/mol. The number of piperazine rings is 1. The summed E-state index contributed by atoms with van der Waals surface area (Å²) < 4.78 is 14.1. The predicted octanol–water partition coefficient (Wildman–Crippen LogP) is 2.75. The van der Waals surface area contributed by atoms with E-state index >= 15 is 0 Å². The molecule has 1 fully saturated rings. The number of halogens is 2. The molecule has 4 nitrogen and oxygen atoms in total. The number of carbonyl (C=O) groups is 1. The van der Waals surface area contributed by atoms with Crippen molar-refractivity contribution in [2.45, 2.75) is 38.8 Å². The number of amides is 1. The third-order valence-corrected chi connectivity index (χ3v) is 4.95. The van der Waals surface area contributed by atoms with Gasteiger partial charge in [0.15, 0.2) is 0 Å². The van der Waals surface area contributed by atoms with Crippen molar-refractivity contribution in [1.82, 2.24) is 9.80 Å². The van der Waals surface area contributed by atoms with Crippen molar-refractivity contribution in [3.8, 4) is 0 Å². The van der Waals surface area contributed by atoms with E-state index in [4.69, 9.17) is 5.73 Å². The molecule has 6 heteroatoms. The van der Waals surface area contributed by atoms with Gasteiger partial charge < -0.3 is 10.6 Å². The summed E-state index contributed by atoms with van der Waals surface area (Å²) in [5.74, 6) is -0.205. The number of hydrogen-bond acceptors (Lipinski definition) is 3. The number of rotatable bonds is 5. The molecule has 1 saturated heterocycles. The smallest absolute Gasteiger partial charge is 0.242 e. The van der Waals surface area contributed by atoms with Crippen LogP contribution < -0.4 is 5.73 Å². The Labute approximate surface area is 145 Å². The van der Waals surface area contributed by atoms with Crippen LogP contribution in [0.5, 0.6) is 0 Å². The van der Waals surface area contributed by atoms with E-state index < -0.39 is 5.54 Å². The van der Waals surface area contributed by atoms with E-state index in [1.165, 1.54) is 0 Å². The molecule has 0 saturated carbocycles. The van der Waals surface area contributed by atoms with Crippen LogP contribution in [0.4, 0.5) is 4.39 Å². The zero-order valence-electron chi connectivity index (χ0n) is 13.8. The number of nitrogens with two attached hydrogens (primary N) is 1. The summed E-state index contributed by atoms with van der Waals surface area (Å²) in [4.78, 5) is 16.6. The Morgan fingerprint density at radius 3 is 2.57 bits per heavy atom. The van der Waals surface area contributed by atoms with Gasteiger partial charge in [-0.3, -0.25) is 9.69 Å². The Morgan fingerprint density at radius 2 is 2.00 bits per heavy atom. The Balaban J connectivity index is 1.88. The molecule has 1 aromatic carbocycles. The zero-order valence-corrected chi connectivity index (χ0v) is 15.4. The Morgan fingerprint density at radius 1 is 1.35 bits per heavy atom. The lowest BCUT2D eigenvalue weighted by Crippen LogP contribution is -2.58. The van der Waals surface area contributed by atoms with Crippen molar-refractivity contribution in [1.29, 1.82) is 0 Å². The molecule has 2 rings (SSSR count). The normalized spacial score (nSPS) is 18.7. The van der Waals surface area contributed by atoms with Crippen molar-refractivity contribution < 1.29 is 9.18 Å². The van der Waals surface area contributed by atoms with Crippen LogP contribution in [0, 0.1) is 5.82 Å². The Hall–Kier alpha value is -0.980. The lowest BCUT2D eigenvalue weighted by molar-refractivity contribution is -0.138. The zero-order chi connectivity index (χ0) is 17.0. The molecule has 0 aromatic heterocycles. The van der Waals surface area contributed by atoms with Gasteiger partial charge in [0.2, 0.25) is 5.91 Å². The summed E-state index contributed by atoms with van der Waals surface area (Å²) in [6.07, 6.45) is 1.60. The van der Waals surface area contributed by atoms with Gasteiger partial charge in [0.05, 0.1) is 10.0 Å². The van der Waals surface area contributed by atoms with E-state index in [0.29, 0.717) is 30.5 Å². The minimum absolute atomic E-state index is 0.0358. The Kier molecular flexibility index (Phi) is 6.17. The van der Waals surface area contributed by atoms with Gasteiger partial charge in [0.1, 0.15) is 5.82 Å². The van der Waals surface area contributed by atoms with Crippen LogP contribution in [0.25, 0.3) is 0 Å². The van der Waals surface area contributed by atoms with Gasteiger partial charge >= 0.3 is 0 Å². The minimum atomic E-state index is -0.772. The number of benzene rings is 1. The molecular weight excluding hydrogens is 361 g/mol. The molecule has 0 aliphatic carbocycles. The monoisotopic (exact) mass is 385 g/mol. The topological polar surface area (TPSA) is 49.6 Å². The maximum absolute atomic E-state index is 13.6. The Bertz CT molecular complexity index is 557. The molecule has 1 unspecified atom stereocenters. The van der Waals surface area contributed by atoms with Gasteiger partial charge in [-0.2, -0.15) is 0 Å². The van der Waals surface area contributed by atoms with Crippen LogP contribution in [0.1, 0.15) is 32.3 Å². The molecule has 23 heavy (non-hydrogen) atoms. The van der Waals surface area contributed by atoms with Crippen LogP contribution in [-0.4, -0.2) is 47.4 Å². The van der Waals surface area contributed by atoms with Crippen LogP contribution in [0.2, 0.25) is 0 Å². The van der Waals surface area contributed by atoms with E-state index in [1.807, 2.05) is 24.8 Å². The highest BCUT2D eigenvalue weighted by Crippen LogP contribution is 2.19. The average Bonchev–Trinajstić information content (AvgIpc) is 2.51. The largest absolute Gasteiger partial charge is 0.339 e.